The lowest BCUT2D eigenvalue weighted by Gasteiger charge is -2.16. The molecule has 0 fully saturated rings. The zero-order valence-electron chi connectivity index (χ0n) is 15.2. The van der Waals surface area contributed by atoms with Crippen LogP contribution in [0.4, 0.5) is 0 Å². The average molecular weight is 331 g/mol. The fourth-order valence-corrected chi connectivity index (χ4v) is 3.25. The molecule has 0 saturated heterocycles. The van der Waals surface area contributed by atoms with Gasteiger partial charge < -0.3 is 9.67 Å². The molecule has 0 aliphatic heterocycles. The minimum Gasteiger partial charge on any atom is -0.387 e. The van der Waals surface area contributed by atoms with E-state index in [1.807, 2.05) is 30.3 Å². The molecule has 0 saturated carbocycles. The molecular weight excluding hydrogens is 306 g/mol. The van der Waals surface area contributed by atoms with E-state index in [1.54, 1.807) is 0 Å². The number of nitrogens with zero attached hydrogens (tertiary/aromatic N) is 1. The molecule has 1 aromatic heterocycles. The molecule has 2 aromatic carbocycles. The van der Waals surface area contributed by atoms with Crippen LogP contribution in [0.1, 0.15) is 43.1 Å². The standard InChI is InChI=1S/C23H25NO/c1-4-19(13-12-18-9-7-6-8-10-18)23(25)21-16-24(5-2)22-14-11-17(3)15-20(21)22/h6-11,14-16,19,23,25H,4-5H2,1-3H3. The van der Waals surface area contributed by atoms with Gasteiger partial charge in [0.25, 0.3) is 0 Å². The third kappa shape index (κ3) is 3.62. The number of aliphatic hydroxyl groups excluding tert-OH is 1. The number of aromatic nitrogens is 1. The van der Waals surface area contributed by atoms with Crippen LogP contribution in [-0.2, 0) is 6.54 Å². The Morgan fingerprint density at radius 3 is 2.52 bits per heavy atom. The molecule has 0 radical (unpaired) electrons. The van der Waals surface area contributed by atoms with Crippen LogP contribution in [0.25, 0.3) is 10.9 Å². The third-order valence-electron chi connectivity index (χ3n) is 4.72. The fourth-order valence-electron chi connectivity index (χ4n) is 3.25. The monoisotopic (exact) mass is 331 g/mol. The summed E-state index contributed by atoms with van der Waals surface area (Å²) in [7, 11) is 0. The number of hydrogen-bond donors (Lipinski definition) is 1. The zero-order valence-corrected chi connectivity index (χ0v) is 15.2. The number of rotatable bonds is 4. The second-order valence-electron chi connectivity index (χ2n) is 6.49. The lowest BCUT2D eigenvalue weighted by molar-refractivity contribution is 0.135. The van der Waals surface area contributed by atoms with Crippen LogP contribution in [0, 0.1) is 24.7 Å². The molecule has 0 bridgehead atoms. The van der Waals surface area contributed by atoms with Crippen LogP contribution in [0.5, 0.6) is 0 Å². The first kappa shape index (κ1) is 17.3. The largest absolute Gasteiger partial charge is 0.387 e. The van der Waals surface area contributed by atoms with Gasteiger partial charge in [-0.15, -0.1) is 0 Å². The van der Waals surface area contributed by atoms with Gasteiger partial charge in [0, 0.05) is 34.8 Å². The van der Waals surface area contributed by atoms with Crippen molar-refractivity contribution in [1.29, 1.82) is 0 Å². The maximum Gasteiger partial charge on any atom is 0.0948 e. The molecule has 128 valence electrons. The highest BCUT2D eigenvalue weighted by Gasteiger charge is 2.22. The Balaban J connectivity index is 1.98. The van der Waals surface area contributed by atoms with Gasteiger partial charge in [-0.2, -0.15) is 0 Å². The molecule has 0 aliphatic carbocycles. The molecular formula is C23H25NO. The van der Waals surface area contributed by atoms with Gasteiger partial charge in [0.05, 0.1) is 12.0 Å². The predicted octanol–water partition coefficient (Wildman–Crippen LogP) is 5.08. The molecule has 2 atom stereocenters. The van der Waals surface area contributed by atoms with Gasteiger partial charge in [-0.3, -0.25) is 0 Å². The van der Waals surface area contributed by atoms with E-state index in [1.165, 1.54) is 11.1 Å². The van der Waals surface area contributed by atoms with E-state index in [4.69, 9.17) is 0 Å². The highest BCUT2D eigenvalue weighted by molar-refractivity contribution is 5.85. The van der Waals surface area contributed by atoms with Crippen molar-refractivity contribution in [3.8, 4) is 11.8 Å². The maximum absolute atomic E-state index is 11.0. The SMILES string of the molecule is CCC(C#Cc1ccccc1)C(O)c1cn(CC)c2ccc(C)cc12. The summed E-state index contributed by atoms with van der Waals surface area (Å²) in [4.78, 5) is 0. The predicted molar refractivity (Wildman–Crippen MR) is 104 cm³/mol. The normalized spacial score (nSPS) is 13.3. The Morgan fingerprint density at radius 1 is 1.08 bits per heavy atom. The van der Waals surface area contributed by atoms with Crippen molar-refractivity contribution in [3.05, 3.63) is 71.4 Å². The van der Waals surface area contributed by atoms with Crippen molar-refractivity contribution in [2.45, 2.75) is 39.8 Å². The molecule has 0 amide bonds. The molecule has 2 unspecified atom stereocenters. The molecule has 1 heterocycles. The molecule has 3 rings (SSSR count). The summed E-state index contributed by atoms with van der Waals surface area (Å²) in [5.74, 6) is 6.40. The second-order valence-corrected chi connectivity index (χ2v) is 6.49. The summed E-state index contributed by atoms with van der Waals surface area (Å²) >= 11 is 0. The summed E-state index contributed by atoms with van der Waals surface area (Å²) in [5, 5.41) is 12.2. The maximum atomic E-state index is 11.0. The highest BCUT2D eigenvalue weighted by atomic mass is 16.3. The Morgan fingerprint density at radius 2 is 1.84 bits per heavy atom. The van der Waals surface area contributed by atoms with Crippen LogP contribution < -0.4 is 0 Å². The molecule has 0 spiro atoms. The molecule has 25 heavy (non-hydrogen) atoms. The lowest BCUT2D eigenvalue weighted by Crippen LogP contribution is -2.10. The lowest BCUT2D eigenvalue weighted by atomic mass is 9.93. The van der Waals surface area contributed by atoms with Crippen LogP contribution in [0.3, 0.4) is 0 Å². The van der Waals surface area contributed by atoms with E-state index in [0.717, 1.165) is 29.5 Å². The number of hydrogen-bond acceptors (Lipinski definition) is 1. The number of benzene rings is 2. The van der Waals surface area contributed by atoms with E-state index in [0.29, 0.717) is 0 Å². The second kappa shape index (κ2) is 7.59. The Kier molecular flexibility index (Phi) is 5.26. The summed E-state index contributed by atoms with van der Waals surface area (Å²) in [6.07, 6.45) is 2.31. The Bertz CT molecular complexity index is 912. The highest BCUT2D eigenvalue weighted by Crippen LogP contribution is 2.32. The minimum atomic E-state index is -0.585. The summed E-state index contributed by atoms with van der Waals surface area (Å²) < 4.78 is 2.20. The van der Waals surface area contributed by atoms with E-state index >= 15 is 0 Å². The van der Waals surface area contributed by atoms with E-state index in [2.05, 4.69) is 61.6 Å². The number of aryl methyl sites for hydroxylation is 2. The molecule has 2 heteroatoms. The van der Waals surface area contributed by atoms with Crippen molar-refractivity contribution in [2.75, 3.05) is 0 Å². The van der Waals surface area contributed by atoms with Gasteiger partial charge in [0.2, 0.25) is 0 Å². The van der Waals surface area contributed by atoms with Crippen molar-refractivity contribution in [3.63, 3.8) is 0 Å². The van der Waals surface area contributed by atoms with Gasteiger partial charge in [-0.25, -0.2) is 0 Å². The minimum absolute atomic E-state index is 0.0865. The van der Waals surface area contributed by atoms with Gasteiger partial charge >= 0.3 is 0 Å². The fraction of sp³-hybridized carbons (Fsp3) is 0.304. The Hall–Kier alpha value is -2.50. The van der Waals surface area contributed by atoms with Crippen LogP contribution in [0.15, 0.2) is 54.7 Å². The topological polar surface area (TPSA) is 25.2 Å². The van der Waals surface area contributed by atoms with E-state index < -0.39 is 6.10 Å². The number of fused-ring (bicyclic) bond motifs is 1. The van der Waals surface area contributed by atoms with Gasteiger partial charge in [0.1, 0.15) is 0 Å². The summed E-state index contributed by atoms with van der Waals surface area (Å²) in [6.45, 7) is 7.18. The van der Waals surface area contributed by atoms with Gasteiger partial charge in [0.15, 0.2) is 0 Å². The van der Waals surface area contributed by atoms with Crippen LogP contribution in [-0.4, -0.2) is 9.67 Å². The van der Waals surface area contributed by atoms with Crippen molar-refractivity contribution in [1.82, 2.24) is 4.57 Å². The molecule has 0 aliphatic rings. The van der Waals surface area contributed by atoms with Crippen molar-refractivity contribution in [2.24, 2.45) is 5.92 Å². The molecule has 1 N–H and O–H groups in total. The Labute approximate surface area is 150 Å². The smallest absolute Gasteiger partial charge is 0.0948 e. The first-order chi connectivity index (χ1) is 12.1. The molecule has 3 aromatic rings. The zero-order chi connectivity index (χ0) is 17.8. The van der Waals surface area contributed by atoms with Crippen molar-refractivity contribution >= 4 is 10.9 Å². The first-order valence-corrected chi connectivity index (χ1v) is 8.98. The third-order valence-corrected chi connectivity index (χ3v) is 4.72. The van der Waals surface area contributed by atoms with E-state index in [-0.39, 0.29) is 5.92 Å². The van der Waals surface area contributed by atoms with Crippen molar-refractivity contribution < 1.29 is 5.11 Å². The summed E-state index contributed by atoms with van der Waals surface area (Å²) in [6, 6.07) is 16.4. The number of aliphatic hydroxyl groups is 1. The van der Waals surface area contributed by atoms with E-state index in [9.17, 15) is 5.11 Å². The first-order valence-electron chi connectivity index (χ1n) is 8.98. The van der Waals surface area contributed by atoms with Gasteiger partial charge in [-0.1, -0.05) is 48.6 Å². The van der Waals surface area contributed by atoms with Crippen LogP contribution in [0.2, 0.25) is 0 Å². The van der Waals surface area contributed by atoms with Crippen LogP contribution >= 0.6 is 0 Å². The average Bonchev–Trinajstić information content (AvgIpc) is 3.00. The van der Waals surface area contributed by atoms with Gasteiger partial charge in [-0.05, 0) is 44.5 Å². The quantitative estimate of drug-likeness (QED) is 0.663. The summed E-state index contributed by atoms with van der Waals surface area (Å²) in [5.41, 5.74) is 4.35. The molecule has 2 nitrogen and oxygen atoms in total.